The van der Waals surface area contributed by atoms with Crippen LogP contribution in [-0.4, -0.2) is 20.7 Å². The fourth-order valence-electron chi connectivity index (χ4n) is 2.36. The number of carbonyl (C=O) groups excluding carboxylic acids is 1. The lowest BCUT2D eigenvalue weighted by atomic mass is 10.2. The van der Waals surface area contributed by atoms with Crippen molar-refractivity contribution < 1.29 is 9.21 Å². The van der Waals surface area contributed by atoms with Gasteiger partial charge in [-0.05, 0) is 43.7 Å². The Bertz CT molecular complexity index is 861. The van der Waals surface area contributed by atoms with Crippen LogP contribution < -0.4 is 5.32 Å². The molecule has 3 rings (SSSR count). The number of nitrogens with one attached hydrogen (secondary N) is 1. The van der Waals surface area contributed by atoms with Crippen molar-refractivity contribution in [2.75, 3.05) is 0 Å². The Morgan fingerprint density at radius 3 is 3.00 bits per heavy atom. The Morgan fingerprint density at radius 2 is 2.24 bits per heavy atom. The zero-order valence-corrected chi connectivity index (χ0v) is 15.5. The molecule has 25 heavy (non-hydrogen) atoms. The highest BCUT2D eigenvalue weighted by atomic mass is 35.5. The molecule has 0 aliphatic rings. The molecule has 0 radical (unpaired) electrons. The lowest BCUT2D eigenvalue weighted by Crippen LogP contribution is -2.30. The molecule has 0 bridgehead atoms. The maximum Gasteiger partial charge on any atom is 0.233 e. The molecule has 0 fully saturated rings. The normalized spacial score (nSPS) is 12.1. The fourth-order valence-corrected chi connectivity index (χ4v) is 3.43. The highest BCUT2D eigenvalue weighted by molar-refractivity contribution is 8.00. The molecule has 1 N–H and O–H groups in total. The van der Waals surface area contributed by atoms with Gasteiger partial charge in [-0.2, -0.15) is 0 Å². The van der Waals surface area contributed by atoms with E-state index in [1.54, 1.807) is 18.5 Å². The summed E-state index contributed by atoms with van der Waals surface area (Å²) in [6.07, 6.45) is 5.18. The van der Waals surface area contributed by atoms with Gasteiger partial charge in [0.15, 0.2) is 5.16 Å². The van der Waals surface area contributed by atoms with Gasteiger partial charge in [-0.1, -0.05) is 29.4 Å². The van der Waals surface area contributed by atoms with E-state index in [0.29, 0.717) is 11.6 Å². The zero-order valence-electron chi connectivity index (χ0n) is 13.9. The minimum absolute atomic E-state index is 0.0706. The van der Waals surface area contributed by atoms with Gasteiger partial charge >= 0.3 is 0 Å². The average molecular weight is 376 g/mol. The van der Waals surface area contributed by atoms with Crippen LogP contribution in [0.2, 0.25) is 5.02 Å². The molecule has 7 heteroatoms. The standard InChI is InChI=1S/C18H18ClN3O2S/c1-12-15(19)6-3-7-16(12)22-9-8-20-18(22)25-13(2)17(23)21-11-14-5-4-10-24-14/h3-10,13H,11H2,1-2H3,(H,21,23)/t13-/m1/s1. The van der Waals surface area contributed by atoms with Crippen LogP contribution in [0.25, 0.3) is 5.69 Å². The topological polar surface area (TPSA) is 60.1 Å². The summed E-state index contributed by atoms with van der Waals surface area (Å²) < 4.78 is 7.17. The molecule has 3 aromatic rings. The monoisotopic (exact) mass is 375 g/mol. The number of aromatic nitrogens is 2. The summed E-state index contributed by atoms with van der Waals surface area (Å²) in [5.74, 6) is 0.653. The largest absolute Gasteiger partial charge is 0.467 e. The molecule has 1 aromatic carbocycles. The number of carbonyl (C=O) groups is 1. The third-order valence-electron chi connectivity index (χ3n) is 3.77. The number of hydrogen-bond acceptors (Lipinski definition) is 4. The smallest absolute Gasteiger partial charge is 0.233 e. The number of benzene rings is 1. The van der Waals surface area contributed by atoms with Gasteiger partial charge in [-0.3, -0.25) is 9.36 Å². The van der Waals surface area contributed by atoms with Crippen LogP contribution in [0.4, 0.5) is 0 Å². The zero-order chi connectivity index (χ0) is 17.8. The SMILES string of the molecule is Cc1c(Cl)cccc1-n1ccnc1S[C@H](C)C(=O)NCc1ccco1. The molecule has 0 aliphatic heterocycles. The third-order valence-corrected chi connectivity index (χ3v) is 5.26. The molecule has 0 saturated heterocycles. The quantitative estimate of drug-likeness (QED) is 0.655. The van der Waals surface area contributed by atoms with E-state index in [1.165, 1.54) is 11.8 Å². The van der Waals surface area contributed by atoms with Crippen molar-refractivity contribution in [1.29, 1.82) is 0 Å². The van der Waals surface area contributed by atoms with Crippen molar-refractivity contribution in [3.8, 4) is 5.69 Å². The summed E-state index contributed by atoms with van der Waals surface area (Å²) >= 11 is 7.61. The number of halogens is 1. The molecular formula is C18H18ClN3O2S. The maximum absolute atomic E-state index is 12.3. The van der Waals surface area contributed by atoms with Crippen LogP contribution in [0.15, 0.2) is 58.6 Å². The number of furan rings is 1. The predicted molar refractivity (Wildman–Crippen MR) is 99.2 cm³/mol. The molecule has 5 nitrogen and oxygen atoms in total. The summed E-state index contributed by atoms with van der Waals surface area (Å²) in [7, 11) is 0. The highest BCUT2D eigenvalue weighted by Gasteiger charge is 2.18. The van der Waals surface area contributed by atoms with Gasteiger partial charge in [-0.15, -0.1) is 0 Å². The summed E-state index contributed by atoms with van der Waals surface area (Å²) in [5.41, 5.74) is 1.93. The molecule has 2 aromatic heterocycles. The number of rotatable bonds is 6. The second-order valence-corrected chi connectivity index (χ2v) is 7.24. The van der Waals surface area contributed by atoms with Gasteiger partial charge in [0, 0.05) is 17.4 Å². The third kappa shape index (κ3) is 4.08. The molecule has 130 valence electrons. The minimum atomic E-state index is -0.296. The molecular weight excluding hydrogens is 358 g/mol. The molecule has 0 saturated carbocycles. The van der Waals surface area contributed by atoms with E-state index in [1.807, 2.05) is 48.9 Å². The van der Waals surface area contributed by atoms with E-state index < -0.39 is 0 Å². The molecule has 0 aliphatic carbocycles. The lowest BCUT2D eigenvalue weighted by Gasteiger charge is -2.14. The Balaban J connectivity index is 1.70. The van der Waals surface area contributed by atoms with Crippen LogP contribution >= 0.6 is 23.4 Å². The number of nitrogens with zero attached hydrogens (tertiary/aromatic N) is 2. The highest BCUT2D eigenvalue weighted by Crippen LogP contribution is 2.28. The first-order chi connectivity index (χ1) is 12.1. The predicted octanol–water partition coefficient (Wildman–Crippen LogP) is 4.22. The van der Waals surface area contributed by atoms with E-state index in [9.17, 15) is 4.79 Å². The fraction of sp³-hybridized carbons (Fsp3) is 0.222. The van der Waals surface area contributed by atoms with Gasteiger partial charge in [0.05, 0.1) is 23.7 Å². The van der Waals surface area contributed by atoms with Crippen LogP contribution in [0.3, 0.4) is 0 Å². The van der Waals surface area contributed by atoms with Crippen molar-refractivity contribution in [1.82, 2.24) is 14.9 Å². The van der Waals surface area contributed by atoms with Crippen molar-refractivity contribution >= 4 is 29.3 Å². The van der Waals surface area contributed by atoms with E-state index in [4.69, 9.17) is 16.0 Å². The first-order valence-corrected chi connectivity index (χ1v) is 9.07. The Morgan fingerprint density at radius 1 is 1.40 bits per heavy atom. The first kappa shape index (κ1) is 17.6. The Hall–Kier alpha value is -2.18. The van der Waals surface area contributed by atoms with Crippen molar-refractivity contribution in [2.45, 2.75) is 30.8 Å². The summed E-state index contributed by atoms with van der Waals surface area (Å²) in [4.78, 5) is 16.7. The van der Waals surface area contributed by atoms with Crippen LogP contribution in [0.5, 0.6) is 0 Å². The summed E-state index contributed by atoms with van der Waals surface area (Å²) in [6, 6.07) is 9.36. The molecule has 2 heterocycles. The molecule has 1 amide bonds. The number of thioether (sulfide) groups is 1. The minimum Gasteiger partial charge on any atom is -0.467 e. The van der Waals surface area contributed by atoms with Crippen LogP contribution in [-0.2, 0) is 11.3 Å². The Kier molecular flexibility index (Phi) is 5.50. The van der Waals surface area contributed by atoms with E-state index in [2.05, 4.69) is 10.3 Å². The van der Waals surface area contributed by atoms with Gasteiger partial charge in [-0.25, -0.2) is 4.98 Å². The van der Waals surface area contributed by atoms with Crippen molar-refractivity contribution in [2.24, 2.45) is 0 Å². The summed E-state index contributed by atoms with van der Waals surface area (Å²) in [6.45, 7) is 4.19. The molecule has 0 spiro atoms. The first-order valence-electron chi connectivity index (χ1n) is 7.82. The van der Waals surface area contributed by atoms with Crippen molar-refractivity contribution in [3.63, 3.8) is 0 Å². The van der Waals surface area contributed by atoms with E-state index >= 15 is 0 Å². The van der Waals surface area contributed by atoms with Gasteiger partial charge in [0.2, 0.25) is 5.91 Å². The van der Waals surface area contributed by atoms with E-state index in [-0.39, 0.29) is 11.2 Å². The number of hydrogen-bond donors (Lipinski definition) is 1. The second-order valence-electron chi connectivity index (χ2n) is 5.52. The maximum atomic E-state index is 12.3. The number of amides is 1. The van der Waals surface area contributed by atoms with Gasteiger partial charge < -0.3 is 9.73 Å². The van der Waals surface area contributed by atoms with Gasteiger partial charge in [0.25, 0.3) is 0 Å². The van der Waals surface area contributed by atoms with Crippen LogP contribution in [0.1, 0.15) is 18.2 Å². The van der Waals surface area contributed by atoms with Crippen LogP contribution in [0, 0.1) is 6.92 Å². The molecule has 1 atom stereocenters. The average Bonchev–Trinajstić information content (AvgIpc) is 3.27. The number of imidazole rings is 1. The van der Waals surface area contributed by atoms with Crippen molar-refractivity contribution in [3.05, 3.63) is 65.3 Å². The van der Waals surface area contributed by atoms with E-state index in [0.717, 1.165) is 22.2 Å². The Labute approximate surface area is 155 Å². The van der Waals surface area contributed by atoms with Gasteiger partial charge in [0.1, 0.15) is 5.76 Å². The lowest BCUT2D eigenvalue weighted by molar-refractivity contribution is -0.120. The summed E-state index contributed by atoms with van der Waals surface area (Å²) in [5, 5.41) is 4.01. The second kappa shape index (κ2) is 7.80. The molecule has 0 unspecified atom stereocenters.